The molecule has 0 fully saturated rings. The smallest absolute Gasteiger partial charge is 0.347 e. The fraction of sp³-hybridized carbons (Fsp3) is 0.222. The predicted octanol–water partition coefficient (Wildman–Crippen LogP) is 3.51. The van der Waals surface area contributed by atoms with E-state index in [1.54, 1.807) is 18.2 Å². The molecule has 9 heteroatoms. The SMILES string of the molecule is Cc1cccc(O[C@@H](C)C(=O)OCC(=O)Nc2ccc(Cl)c([N+](=O)[O-])c2)c1. The van der Waals surface area contributed by atoms with Gasteiger partial charge in [-0.15, -0.1) is 0 Å². The molecule has 0 saturated carbocycles. The van der Waals surface area contributed by atoms with E-state index in [-0.39, 0.29) is 16.4 Å². The van der Waals surface area contributed by atoms with E-state index in [9.17, 15) is 19.7 Å². The number of aryl methyl sites for hydroxylation is 1. The maximum atomic E-state index is 11.9. The van der Waals surface area contributed by atoms with Gasteiger partial charge in [0, 0.05) is 11.8 Å². The van der Waals surface area contributed by atoms with Crippen LogP contribution in [0.25, 0.3) is 0 Å². The molecule has 2 aromatic carbocycles. The Labute approximate surface area is 160 Å². The van der Waals surface area contributed by atoms with E-state index >= 15 is 0 Å². The van der Waals surface area contributed by atoms with Crippen LogP contribution < -0.4 is 10.1 Å². The Balaban J connectivity index is 1.86. The number of hydrogen-bond acceptors (Lipinski definition) is 6. The first kappa shape index (κ1) is 20.2. The number of nitro groups is 1. The Hall–Kier alpha value is -3.13. The maximum Gasteiger partial charge on any atom is 0.347 e. The number of carbonyl (C=O) groups is 2. The first-order valence-corrected chi connectivity index (χ1v) is 8.28. The van der Waals surface area contributed by atoms with Gasteiger partial charge in [-0.3, -0.25) is 14.9 Å². The first-order chi connectivity index (χ1) is 12.8. The summed E-state index contributed by atoms with van der Waals surface area (Å²) < 4.78 is 10.4. The van der Waals surface area contributed by atoms with E-state index in [0.29, 0.717) is 5.75 Å². The summed E-state index contributed by atoms with van der Waals surface area (Å²) >= 11 is 5.70. The number of anilines is 1. The molecule has 0 radical (unpaired) electrons. The van der Waals surface area contributed by atoms with Crippen LogP contribution in [-0.4, -0.2) is 29.5 Å². The molecule has 1 N–H and O–H groups in total. The van der Waals surface area contributed by atoms with Crippen molar-refractivity contribution in [3.8, 4) is 5.75 Å². The molecule has 142 valence electrons. The van der Waals surface area contributed by atoms with E-state index in [4.69, 9.17) is 21.1 Å². The van der Waals surface area contributed by atoms with Gasteiger partial charge < -0.3 is 14.8 Å². The van der Waals surface area contributed by atoms with Gasteiger partial charge in [-0.2, -0.15) is 0 Å². The zero-order valence-electron chi connectivity index (χ0n) is 14.6. The Morgan fingerprint density at radius 1 is 1.26 bits per heavy atom. The van der Waals surface area contributed by atoms with E-state index in [0.717, 1.165) is 11.6 Å². The minimum atomic E-state index is -0.906. The van der Waals surface area contributed by atoms with Crippen molar-refractivity contribution in [3.05, 3.63) is 63.2 Å². The summed E-state index contributed by atoms with van der Waals surface area (Å²) in [6, 6.07) is 11.0. The van der Waals surface area contributed by atoms with E-state index in [1.807, 2.05) is 13.0 Å². The van der Waals surface area contributed by atoms with Crippen LogP contribution in [0.4, 0.5) is 11.4 Å². The molecule has 2 aromatic rings. The topological polar surface area (TPSA) is 108 Å². The summed E-state index contributed by atoms with van der Waals surface area (Å²) in [5, 5.41) is 13.2. The predicted molar refractivity (Wildman–Crippen MR) is 99.0 cm³/mol. The Morgan fingerprint density at radius 2 is 2.00 bits per heavy atom. The summed E-state index contributed by atoms with van der Waals surface area (Å²) in [5.74, 6) is -0.853. The summed E-state index contributed by atoms with van der Waals surface area (Å²) in [4.78, 5) is 34.0. The zero-order valence-corrected chi connectivity index (χ0v) is 15.4. The normalized spacial score (nSPS) is 11.4. The van der Waals surface area contributed by atoms with Crippen molar-refractivity contribution in [3.63, 3.8) is 0 Å². The molecule has 0 bridgehead atoms. The van der Waals surface area contributed by atoms with Gasteiger partial charge in [0.25, 0.3) is 11.6 Å². The number of ether oxygens (including phenoxy) is 2. The number of amides is 1. The number of nitrogens with one attached hydrogen (secondary N) is 1. The minimum Gasteiger partial charge on any atom is -0.479 e. The average molecular weight is 393 g/mol. The van der Waals surface area contributed by atoms with Crippen LogP contribution in [0.15, 0.2) is 42.5 Å². The van der Waals surface area contributed by atoms with Crippen LogP contribution >= 0.6 is 11.6 Å². The fourth-order valence-corrected chi connectivity index (χ4v) is 2.31. The number of benzene rings is 2. The molecule has 27 heavy (non-hydrogen) atoms. The number of nitro benzene ring substituents is 1. The lowest BCUT2D eigenvalue weighted by Crippen LogP contribution is -2.29. The van der Waals surface area contributed by atoms with Gasteiger partial charge in [0.1, 0.15) is 10.8 Å². The van der Waals surface area contributed by atoms with Crippen molar-refractivity contribution in [2.45, 2.75) is 20.0 Å². The number of hydrogen-bond donors (Lipinski definition) is 1. The molecule has 1 atom stereocenters. The molecular weight excluding hydrogens is 376 g/mol. The van der Waals surface area contributed by atoms with Crippen molar-refractivity contribution < 1.29 is 24.0 Å². The molecule has 0 heterocycles. The molecule has 0 unspecified atom stereocenters. The molecular formula is C18H17ClN2O6. The Morgan fingerprint density at radius 3 is 2.67 bits per heavy atom. The minimum absolute atomic E-state index is 0.0495. The molecule has 2 rings (SSSR count). The Bertz CT molecular complexity index is 871. The lowest BCUT2D eigenvalue weighted by Gasteiger charge is -2.14. The quantitative estimate of drug-likeness (QED) is 0.439. The molecule has 0 aliphatic rings. The Kier molecular flexibility index (Phi) is 6.73. The second kappa shape index (κ2) is 9.00. The third-order valence-electron chi connectivity index (χ3n) is 3.41. The fourth-order valence-electron chi connectivity index (χ4n) is 2.12. The third kappa shape index (κ3) is 5.96. The second-order valence-corrected chi connectivity index (χ2v) is 6.06. The van der Waals surface area contributed by atoms with Crippen molar-refractivity contribution in [2.75, 3.05) is 11.9 Å². The van der Waals surface area contributed by atoms with Crippen molar-refractivity contribution in [1.29, 1.82) is 0 Å². The van der Waals surface area contributed by atoms with Gasteiger partial charge in [0.2, 0.25) is 0 Å². The van der Waals surface area contributed by atoms with Gasteiger partial charge in [-0.05, 0) is 43.7 Å². The van der Waals surface area contributed by atoms with Crippen molar-refractivity contribution in [1.82, 2.24) is 0 Å². The summed E-state index contributed by atoms with van der Waals surface area (Å²) in [5.41, 5.74) is 0.798. The van der Waals surface area contributed by atoms with Crippen molar-refractivity contribution in [2.24, 2.45) is 0 Å². The summed E-state index contributed by atoms with van der Waals surface area (Å²) in [6.07, 6.45) is -0.906. The van der Waals surface area contributed by atoms with Crippen LogP contribution in [0, 0.1) is 17.0 Å². The standard InChI is InChI=1S/C18H17ClN2O6/c1-11-4-3-5-14(8-11)27-12(2)18(23)26-10-17(22)20-13-6-7-15(19)16(9-13)21(24)25/h3-9,12H,10H2,1-2H3,(H,20,22)/t12-/m0/s1. The molecule has 0 spiro atoms. The van der Waals surface area contributed by atoms with Crippen molar-refractivity contribution >= 4 is 34.9 Å². The molecule has 0 aliphatic carbocycles. The highest BCUT2D eigenvalue weighted by atomic mass is 35.5. The molecule has 0 saturated heterocycles. The number of rotatable bonds is 7. The number of carbonyl (C=O) groups excluding carboxylic acids is 2. The van der Waals surface area contributed by atoms with Crippen LogP contribution in [0.5, 0.6) is 5.75 Å². The monoisotopic (exact) mass is 392 g/mol. The number of halogens is 1. The lowest BCUT2D eigenvalue weighted by molar-refractivity contribution is -0.384. The number of esters is 1. The molecule has 0 aliphatic heterocycles. The van der Waals surface area contributed by atoms with Crippen LogP contribution in [0.2, 0.25) is 5.02 Å². The van der Waals surface area contributed by atoms with Crippen LogP contribution in [0.1, 0.15) is 12.5 Å². The molecule has 1 amide bonds. The highest BCUT2D eigenvalue weighted by molar-refractivity contribution is 6.32. The van der Waals surface area contributed by atoms with Crippen LogP contribution in [-0.2, 0) is 14.3 Å². The molecule has 8 nitrogen and oxygen atoms in total. The third-order valence-corrected chi connectivity index (χ3v) is 3.73. The van der Waals surface area contributed by atoms with Gasteiger partial charge in [0.05, 0.1) is 4.92 Å². The zero-order chi connectivity index (χ0) is 20.0. The number of nitrogens with zero attached hydrogens (tertiary/aromatic N) is 1. The summed E-state index contributed by atoms with van der Waals surface area (Å²) in [6.45, 7) is 2.84. The maximum absolute atomic E-state index is 11.9. The van der Waals surface area contributed by atoms with E-state index in [2.05, 4.69) is 5.32 Å². The largest absolute Gasteiger partial charge is 0.479 e. The molecule has 0 aromatic heterocycles. The highest BCUT2D eigenvalue weighted by Gasteiger charge is 2.19. The lowest BCUT2D eigenvalue weighted by atomic mass is 10.2. The van der Waals surface area contributed by atoms with Gasteiger partial charge in [0.15, 0.2) is 12.7 Å². The first-order valence-electron chi connectivity index (χ1n) is 7.90. The average Bonchev–Trinajstić information content (AvgIpc) is 2.61. The van der Waals surface area contributed by atoms with E-state index < -0.39 is 29.5 Å². The van der Waals surface area contributed by atoms with E-state index in [1.165, 1.54) is 19.1 Å². The second-order valence-electron chi connectivity index (χ2n) is 5.66. The van der Waals surface area contributed by atoms with Gasteiger partial charge >= 0.3 is 5.97 Å². The van der Waals surface area contributed by atoms with Gasteiger partial charge in [-0.1, -0.05) is 23.7 Å². The highest BCUT2D eigenvalue weighted by Crippen LogP contribution is 2.27. The summed E-state index contributed by atoms with van der Waals surface area (Å²) in [7, 11) is 0. The van der Waals surface area contributed by atoms with Crippen LogP contribution in [0.3, 0.4) is 0 Å². The van der Waals surface area contributed by atoms with Gasteiger partial charge in [-0.25, -0.2) is 4.79 Å².